The van der Waals surface area contributed by atoms with E-state index in [1.54, 1.807) is 4.40 Å². The number of hydrogen-bond acceptors (Lipinski definition) is 4. The third-order valence-electron chi connectivity index (χ3n) is 9.33. The summed E-state index contributed by atoms with van der Waals surface area (Å²) in [5.41, 5.74) is 9.02. The van der Waals surface area contributed by atoms with Gasteiger partial charge in [-0.15, -0.1) is 0 Å². The Bertz CT molecular complexity index is 2980. The zero-order valence-electron chi connectivity index (χ0n) is 25.6. The standard InChI is InChI=1S/C42H25N5O/c48-41-32-21-18-29(25-35(32)43-39-23-20-26-10-4-8-16-36(26)47(39)41)28-19-22-38-33(24-28)30-13-6-9-17-37(30)46(38)42-44-34-15-7-5-14-31(34)40(45-42)27-11-2-1-3-12-27/h1-25H. The second-order valence-electron chi connectivity index (χ2n) is 12.1. The van der Waals surface area contributed by atoms with Gasteiger partial charge in [-0.1, -0.05) is 97.1 Å². The number of rotatable bonds is 3. The van der Waals surface area contributed by atoms with E-state index in [-0.39, 0.29) is 5.56 Å². The van der Waals surface area contributed by atoms with Crippen molar-refractivity contribution in [3.05, 3.63) is 162 Å². The Morgan fingerprint density at radius 3 is 2.04 bits per heavy atom. The van der Waals surface area contributed by atoms with Crippen LogP contribution in [-0.4, -0.2) is 23.9 Å². The summed E-state index contributed by atoms with van der Waals surface area (Å²) in [6.07, 6.45) is 0. The maximum atomic E-state index is 13.7. The van der Waals surface area contributed by atoms with Gasteiger partial charge in [0.15, 0.2) is 0 Å². The van der Waals surface area contributed by atoms with Crippen molar-refractivity contribution >= 4 is 60.2 Å². The first kappa shape index (κ1) is 26.5. The van der Waals surface area contributed by atoms with Gasteiger partial charge in [-0.3, -0.25) is 13.8 Å². The molecule has 0 spiro atoms. The van der Waals surface area contributed by atoms with Crippen LogP contribution in [0.4, 0.5) is 0 Å². The molecule has 0 aliphatic rings. The van der Waals surface area contributed by atoms with Gasteiger partial charge in [-0.05, 0) is 71.1 Å². The van der Waals surface area contributed by atoms with Crippen molar-refractivity contribution in [3.63, 3.8) is 0 Å². The highest BCUT2D eigenvalue weighted by Gasteiger charge is 2.18. The predicted octanol–water partition coefficient (Wildman–Crippen LogP) is 9.38. The van der Waals surface area contributed by atoms with Crippen molar-refractivity contribution in [2.24, 2.45) is 0 Å². The lowest BCUT2D eigenvalue weighted by molar-refractivity contribution is 1.01. The van der Waals surface area contributed by atoms with Crippen LogP contribution in [0.3, 0.4) is 0 Å². The predicted molar refractivity (Wildman–Crippen MR) is 195 cm³/mol. The molecule has 0 radical (unpaired) electrons. The molecule has 0 unspecified atom stereocenters. The summed E-state index contributed by atoms with van der Waals surface area (Å²) in [5.74, 6) is 0.626. The summed E-state index contributed by atoms with van der Waals surface area (Å²) in [6.45, 7) is 0. The van der Waals surface area contributed by atoms with E-state index in [9.17, 15) is 4.79 Å². The number of benzene rings is 6. The molecule has 0 N–H and O–H groups in total. The highest BCUT2D eigenvalue weighted by molar-refractivity contribution is 6.10. The molecule has 0 bridgehead atoms. The average Bonchev–Trinajstić information content (AvgIpc) is 3.48. The van der Waals surface area contributed by atoms with Crippen LogP contribution in [0.25, 0.3) is 88.5 Å². The van der Waals surface area contributed by atoms with Gasteiger partial charge in [-0.2, -0.15) is 0 Å². The lowest BCUT2D eigenvalue weighted by Crippen LogP contribution is -2.15. The van der Waals surface area contributed by atoms with E-state index in [1.807, 2.05) is 91.0 Å². The van der Waals surface area contributed by atoms with E-state index < -0.39 is 0 Å². The smallest absolute Gasteiger partial charge is 0.266 e. The van der Waals surface area contributed by atoms with Crippen LogP contribution in [0.1, 0.15) is 0 Å². The van der Waals surface area contributed by atoms with E-state index in [4.69, 9.17) is 15.0 Å². The molecule has 0 saturated carbocycles. The summed E-state index contributed by atoms with van der Waals surface area (Å²) in [5, 5.41) is 4.82. The van der Waals surface area contributed by atoms with Gasteiger partial charge in [-0.25, -0.2) is 15.0 Å². The molecule has 0 fully saturated rings. The number of para-hydroxylation sites is 3. The zero-order valence-corrected chi connectivity index (χ0v) is 25.6. The summed E-state index contributed by atoms with van der Waals surface area (Å²) < 4.78 is 3.86. The fraction of sp³-hybridized carbons (Fsp3) is 0. The number of aromatic nitrogens is 5. The molecule has 0 aliphatic carbocycles. The fourth-order valence-corrected chi connectivity index (χ4v) is 7.07. The van der Waals surface area contributed by atoms with Crippen LogP contribution >= 0.6 is 0 Å². The Hall–Kier alpha value is -6.66. The van der Waals surface area contributed by atoms with Crippen LogP contribution in [0.15, 0.2) is 156 Å². The molecule has 6 aromatic carbocycles. The lowest BCUT2D eigenvalue weighted by atomic mass is 10.0. The highest BCUT2D eigenvalue weighted by Crippen LogP contribution is 2.36. The molecule has 10 aromatic rings. The zero-order chi connectivity index (χ0) is 31.8. The molecule has 48 heavy (non-hydrogen) atoms. The van der Waals surface area contributed by atoms with E-state index in [0.717, 1.165) is 66.0 Å². The van der Waals surface area contributed by atoms with E-state index in [1.165, 1.54) is 0 Å². The molecule has 6 heteroatoms. The average molecular weight is 616 g/mol. The molecule has 6 nitrogen and oxygen atoms in total. The van der Waals surface area contributed by atoms with Gasteiger partial charge in [0.1, 0.15) is 5.65 Å². The lowest BCUT2D eigenvalue weighted by Gasteiger charge is -2.12. The first-order valence-corrected chi connectivity index (χ1v) is 15.9. The maximum absolute atomic E-state index is 13.7. The maximum Gasteiger partial charge on any atom is 0.266 e. The summed E-state index contributed by atoms with van der Waals surface area (Å²) >= 11 is 0. The van der Waals surface area contributed by atoms with Gasteiger partial charge in [0.2, 0.25) is 5.95 Å². The van der Waals surface area contributed by atoms with Crippen LogP contribution in [-0.2, 0) is 0 Å². The second-order valence-corrected chi connectivity index (χ2v) is 12.1. The normalized spacial score (nSPS) is 11.8. The summed E-state index contributed by atoms with van der Waals surface area (Å²) in [6, 6.07) is 51.1. The minimum Gasteiger partial charge on any atom is -0.278 e. The topological polar surface area (TPSA) is 65.1 Å². The van der Waals surface area contributed by atoms with E-state index in [0.29, 0.717) is 22.5 Å². The molecule has 0 amide bonds. The molecule has 4 aromatic heterocycles. The van der Waals surface area contributed by atoms with Gasteiger partial charge < -0.3 is 0 Å². The Labute approximate surface area is 273 Å². The van der Waals surface area contributed by atoms with Crippen molar-refractivity contribution in [2.45, 2.75) is 0 Å². The minimum atomic E-state index is -0.0675. The van der Waals surface area contributed by atoms with Crippen LogP contribution in [0.2, 0.25) is 0 Å². The van der Waals surface area contributed by atoms with Crippen molar-refractivity contribution in [1.29, 1.82) is 0 Å². The molecule has 10 rings (SSSR count). The number of hydrogen-bond donors (Lipinski definition) is 0. The molecule has 224 valence electrons. The van der Waals surface area contributed by atoms with E-state index >= 15 is 0 Å². The van der Waals surface area contributed by atoms with Crippen LogP contribution < -0.4 is 5.56 Å². The molecular formula is C42H25N5O. The minimum absolute atomic E-state index is 0.0675. The van der Waals surface area contributed by atoms with Crippen LogP contribution in [0.5, 0.6) is 0 Å². The second kappa shape index (κ2) is 10.2. The highest BCUT2D eigenvalue weighted by atomic mass is 16.1. The molecule has 0 aliphatic heterocycles. The fourth-order valence-electron chi connectivity index (χ4n) is 7.07. The van der Waals surface area contributed by atoms with Crippen molar-refractivity contribution in [3.8, 4) is 28.3 Å². The molecule has 0 saturated heterocycles. The van der Waals surface area contributed by atoms with Gasteiger partial charge in [0.25, 0.3) is 5.56 Å². The number of nitrogens with zero attached hydrogens (tertiary/aromatic N) is 5. The van der Waals surface area contributed by atoms with E-state index in [2.05, 4.69) is 65.2 Å². The number of fused-ring (bicyclic) bond motifs is 8. The Morgan fingerprint density at radius 1 is 0.438 bits per heavy atom. The Kier molecular flexibility index (Phi) is 5.63. The number of pyridine rings is 1. The van der Waals surface area contributed by atoms with Gasteiger partial charge >= 0.3 is 0 Å². The summed E-state index contributed by atoms with van der Waals surface area (Å²) in [7, 11) is 0. The molecular weight excluding hydrogens is 590 g/mol. The Morgan fingerprint density at radius 2 is 1.15 bits per heavy atom. The van der Waals surface area contributed by atoms with Crippen molar-refractivity contribution < 1.29 is 0 Å². The van der Waals surface area contributed by atoms with Gasteiger partial charge in [0, 0.05) is 21.7 Å². The SMILES string of the molecule is O=c1c2ccc(-c3ccc4c(c3)c3ccccc3n4-c3nc(-c4ccccc4)c4ccccc4n3)cc2nc2ccc3ccccc3n12. The first-order valence-electron chi connectivity index (χ1n) is 15.9. The first-order chi connectivity index (χ1) is 23.7. The quantitative estimate of drug-likeness (QED) is 0.147. The van der Waals surface area contributed by atoms with Gasteiger partial charge in [0.05, 0.1) is 38.7 Å². The third kappa shape index (κ3) is 3.93. The molecule has 0 atom stereocenters. The largest absolute Gasteiger partial charge is 0.278 e. The van der Waals surface area contributed by atoms with Crippen molar-refractivity contribution in [2.75, 3.05) is 0 Å². The Balaban J connectivity index is 1.17. The monoisotopic (exact) mass is 615 g/mol. The summed E-state index contributed by atoms with van der Waals surface area (Å²) in [4.78, 5) is 28.9. The molecule has 4 heterocycles. The van der Waals surface area contributed by atoms with Crippen LogP contribution in [0, 0.1) is 0 Å². The third-order valence-corrected chi connectivity index (χ3v) is 9.33. The van der Waals surface area contributed by atoms with Crippen molar-refractivity contribution in [1.82, 2.24) is 23.9 Å².